The molecule has 0 radical (unpaired) electrons. The zero-order valence-corrected chi connectivity index (χ0v) is 14.4. The number of hydrogen-bond acceptors (Lipinski definition) is 5. The smallest absolute Gasteiger partial charge is 0.331 e. The number of aromatic nitrogens is 2. The zero-order valence-electron chi connectivity index (χ0n) is 13.7. The maximum Gasteiger partial charge on any atom is 0.331 e. The van der Waals surface area contributed by atoms with Crippen molar-refractivity contribution in [1.82, 2.24) is 9.97 Å². The molecule has 1 saturated heterocycles. The van der Waals surface area contributed by atoms with Gasteiger partial charge in [-0.1, -0.05) is 17.7 Å². The first-order valence-electron chi connectivity index (χ1n) is 7.88. The number of carbonyl (C=O) groups excluding carboxylic acids is 1. The van der Waals surface area contributed by atoms with Gasteiger partial charge in [0, 0.05) is 19.0 Å². The van der Waals surface area contributed by atoms with Gasteiger partial charge in [-0.05, 0) is 36.3 Å². The highest BCUT2D eigenvalue weighted by Gasteiger charge is 2.26. The van der Waals surface area contributed by atoms with Crippen LogP contribution in [0.3, 0.4) is 0 Å². The van der Waals surface area contributed by atoms with Crippen molar-refractivity contribution in [3.8, 4) is 0 Å². The molecule has 5 nitrogen and oxygen atoms in total. The summed E-state index contributed by atoms with van der Waals surface area (Å²) in [5, 5.41) is 0.329. The van der Waals surface area contributed by atoms with Crippen LogP contribution >= 0.6 is 11.6 Å². The Balaban J connectivity index is 1.55. The lowest BCUT2D eigenvalue weighted by Crippen LogP contribution is -2.25. The molecule has 2 heterocycles. The third-order valence-electron chi connectivity index (χ3n) is 3.94. The average molecular weight is 362 g/mol. The molecule has 130 valence electrons. The lowest BCUT2D eigenvalue weighted by atomic mass is 10.1. The van der Waals surface area contributed by atoms with Crippen molar-refractivity contribution in [2.75, 3.05) is 18.0 Å². The summed E-state index contributed by atoms with van der Waals surface area (Å²) in [6, 6.07) is 4.66. The minimum Gasteiger partial charge on any atom is -0.457 e. The van der Waals surface area contributed by atoms with Crippen molar-refractivity contribution < 1.29 is 13.9 Å². The number of halogens is 2. The summed E-state index contributed by atoms with van der Waals surface area (Å²) in [4.78, 5) is 22.2. The summed E-state index contributed by atoms with van der Waals surface area (Å²) in [5.41, 5.74) is 1.28. The van der Waals surface area contributed by atoms with Crippen LogP contribution in [0.1, 0.15) is 17.5 Å². The first-order chi connectivity index (χ1) is 12.0. The lowest BCUT2D eigenvalue weighted by Gasteiger charge is -2.16. The molecule has 0 amide bonds. The van der Waals surface area contributed by atoms with Crippen LogP contribution in [0.5, 0.6) is 0 Å². The molecule has 2 aromatic rings. The van der Waals surface area contributed by atoms with E-state index < -0.39 is 5.97 Å². The molecule has 1 aromatic carbocycles. The Morgan fingerprint density at radius 3 is 3.04 bits per heavy atom. The van der Waals surface area contributed by atoms with Gasteiger partial charge in [0.1, 0.15) is 22.9 Å². The van der Waals surface area contributed by atoms with Crippen LogP contribution in [0.15, 0.2) is 36.7 Å². The predicted molar refractivity (Wildman–Crippen MR) is 93.9 cm³/mol. The maximum absolute atomic E-state index is 13.2. The van der Waals surface area contributed by atoms with E-state index in [1.807, 2.05) is 4.90 Å². The summed E-state index contributed by atoms with van der Waals surface area (Å²) in [5.74, 6) is -0.0238. The fourth-order valence-corrected chi connectivity index (χ4v) is 2.80. The van der Waals surface area contributed by atoms with Crippen molar-refractivity contribution >= 4 is 29.5 Å². The Labute approximate surface area is 150 Å². The Hall–Kier alpha value is -2.47. The topological polar surface area (TPSA) is 55.3 Å². The number of benzene rings is 1. The van der Waals surface area contributed by atoms with E-state index in [2.05, 4.69) is 9.97 Å². The molecule has 0 bridgehead atoms. The largest absolute Gasteiger partial charge is 0.457 e. The molecule has 0 aliphatic carbocycles. The molecule has 1 aromatic heterocycles. The second-order valence-electron chi connectivity index (χ2n) is 5.84. The van der Waals surface area contributed by atoms with Crippen LogP contribution in [0.25, 0.3) is 6.08 Å². The fourth-order valence-electron chi connectivity index (χ4n) is 2.66. The van der Waals surface area contributed by atoms with Crippen molar-refractivity contribution in [1.29, 1.82) is 0 Å². The second-order valence-corrected chi connectivity index (χ2v) is 6.22. The van der Waals surface area contributed by atoms with Gasteiger partial charge in [-0.25, -0.2) is 14.2 Å². The second kappa shape index (κ2) is 7.61. The van der Waals surface area contributed by atoms with E-state index in [0.29, 0.717) is 36.0 Å². The number of ether oxygens (including phenoxy) is 1. The summed E-state index contributed by atoms with van der Waals surface area (Å²) in [6.07, 6.45) is 6.57. The third-order valence-corrected chi connectivity index (χ3v) is 4.12. The number of aryl methyl sites for hydroxylation is 1. The Bertz CT molecular complexity index is 813. The average Bonchev–Trinajstić information content (AvgIpc) is 3.04. The highest BCUT2D eigenvalue weighted by molar-refractivity contribution is 6.29. The lowest BCUT2D eigenvalue weighted by molar-refractivity contribution is -0.141. The number of nitrogens with zero attached hydrogens (tertiary/aromatic N) is 3. The van der Waals surface area contributed by atoms with Gasteiger partial charge in [-0.3, -0.25) is 4.98 Å². The van der Waals surface area contributed by atoms with E-state index in [1.54, 1.807) is 31.3 Å². The minimum atomic E-state index is -0.425. The highest BCUT2D eigenvalue weighted by Crippen LogP contribution is 2.20. The number of anilines is 1. The standard InChI is InChI=1S/C18H17ClFN3O2/c1-12-8-13(2-4-15(12)20)3-5-18(24)25-14-6-7-23(11-14)17-10-21-9-16(19)22-17/h2-5,8-10,14H,6-7,11H2,1H3/b5-3+/t14-/m0/s1. The first kappa shape index (κ1) is 17.4. The monoisotopic (exact) mass is 361 g/mol. The van der Waals surface area contributed by atoms with Crippen LogP contribution in [0, 0.1) is 12.7 Å². The van der Waals surface area contributed by atoms with E-state index >= 15 is 0 Å². The molecule has 0 saturated carbocycles. The minimum absolute atomic E-state index is 0.215. The molecule has 0 unspecified atom stereocenters. The SMILES string of the molecule is Cc1cc(/C=C/C(=O)O[C@H]2CCN(c3cncc(Cl)n3)C2)ccc1F. The molecule has 3 rings (SSSR count). The van der Waals surface area contributed by atoms with Gasteiger partial charge in [0.2, 0.25) is 0 Å². The van der Waals surface area contributed by atoms with E-state index in [9.17, 15) is 9.18 Å². The number of hydrogen-bond donors (Lipinski definition) is 0. The molecule has 0 N–H and O–H groups in total. The van der Waals surface area contributed by atoms with E-state index in [4.69, 9.17) is 16.3 Å². The van der Waals surface area contributed by atoms with Crippen LogP contribution < -0.4 is 4.90 Å². The van der Waals surface area contributed by atoms with Crippen molar-refractivity contribution in [3.63, 3.8) is 0 Å². The van der Waals surface area contributed by atoms with Gasteiger partial charge in [0.25, 0.3) is 0 Å². The molecular weight excluding hydrogens is 345 g/mol. The molecule has 25 heavy (non-hydrogen) atoms. The zero-order chi connectivity index (χ0) is 17.8. The maximum atomic E-state index is 13.2. The molecule has 1 aliphatic heterocycles. The van der Waals surface area contributed by atoms with Crippen molar-refractivity contribution in [2.24, 2.45) is 0 Å². The number of esters is 1. The molecule has 1 fully saturated rings. The number of carbonyl (C=O) groups is 1. The molecular formula is C18H17ClFN3O2. The quantitative estimate of drug-likeness (QED) is 0.617. The van der Waals surface area contributed by atoms with Gasteiger partial charge >= 0.3 is 5.97 Å². The highest BCUT2D eigenvalue weighted by atomic mass is 35.5. The predicted octanol–water partition coefficient (Wildman–Crippen LogP) is 3.41. The summed E-state index contributed by atoms with van der Waals surface area (Å²) >= 11 is 5.85. The third kappa shape index (κ3) is 4.54. The Kier molecular flexibility index (Phi) is 5.28. The van der Waals surface area contributed by atoms with Crippen molar-refractivity contribution in [3.05, 3.63) is 58.8 Å². The molecule has 1 aliphatic rings. The summed E-state index contributed by atoms with van der Waals surface area (Å²) < 4.78 is 18.7. The molecule has 0 spiro atoms. The van der Waals surface area contributed by atoms with Crippen LogP contribution in [0.4, 0.5) is 10.2 Å². The van der Waals surface area contributed by atoms with Crippen molar-refractivity contribution in [2.45, 2.75) is 19.4 Å². The van der Waals surface area contributed by atoms with Crippen LogP contribution in [-0.4, -0.2) is 35.1 Å². The van der Waals surface area contributed by atoms with Gasteiger partial charge in [-0.2, -0.15) is 0 Å². The molecule has 7 heteroatoms. The summed E-state index contributed by atoms with van der Waals surface area (Å²) in [7, 11) is 0. The summed E-state index contributed by atoms with van der Waals surface area (Å²) in [6.45, 7) is 2.94. The van der Waals surface area contributed by atoms with Gasteiger partial charge in [0.05, 0.1) is 18.9 Å². The Morgan fingerprint density at radius 1 is 1.44 bits per heavy atom. The molecule has 1 atom stereocenters. The number of rotatable bonds is 4. The van der Waals surface area contributed by atoms with Crippen LogP contribution in [-0.2, 0) is 9.53 Å². The van der Waals surface area contributed by atoms with E-state index in [-0.39, 0.29) is 11.9 Å². The fraction of sp³-hybridized carbons (Fsp3) is 0.278. The van der Waals surface area contributed by atoms with Gasteiger partial charge in [-0.15, -0.1) is 0 Å². The van der Waals surface area contributed by atoms with E-state index in [1.165, 1.54) is 18.3 Å². The van der Waals surface area contributed by atoms with Crippen LogP contribution in [0.2, 0.25) is 5.15 Å². The van der Waals surface area contributed by atoms with Gasteiger partial charge in [0.15, 0.2) is 0 Å². The normalized spacial score (nSPS) is 17.2. The van der Waals surface area contributed by atoms with Gasteiger partial charge < -0.3 is 9.64 Å². The van der Waals surface area contributed by atoms with E-state index in [0.717, 1.165) is 5.56 Å². The first-order valence-corrected chi connectivity index (χ1v) is 8.26. The Morgan fingerprint density at radius 2 is 2.28 bits per heavy atom.